The first-order chi connectivity index (χ1) is 10.1. The topological polar surface area (TPSA) is 108 Å². The number of nitrogens with one attached hydrogen (secondary N) is 2. The maximum atomic E-state index is 11.4. The maximum Gasteiger partial charge on any atom is 0.405 e. The van der Waals surface area contributed by atoms with Gasteiger partial charge in [-0.1, -0.05) is 12.1 Å². The molecule has 0 saturated carbocycles. The zero-order chi connectivity index (χ0) is 15.0. The lowest BCUT2D eigenvalue weighted by Crippen LogP contribution is -2.30. The summed E-state index contributed by atoms with van der Waals surface area (Å²) in [6.45, 7) is 0. The molecule has 1 unspecified atom stereocenters. The van der Waals surface area contributed by atoms with Gasteiger partial charge < -0.3 is 21.1 Å². The molecule has 21 heavy (non-hydrogen) atoms. The van der Waals surface area contributed by atoms with Gasteiger partial charge in [-0.3, -0.25) is 4.79 Å². The number of amides is 2. The number of rotatable bonds is 3. The Morgan fingerprint density at radius 1 is 1.33 bits per heavy atom. The van der Waals surface area contributed by atoms with E-state index >= 15 is 0 Å². The van der Waals surface area contributed by atoms with Crippen LogP contribution in [0.5, 0.6) is 0 Å². The molecule has 0 radical (unpaired) electrons. The van der Waals surface area contributed by atoms with Crippen LogP contribution in [0.25, 0.3) is 16.5 Å². The second-order valence-electron chi connectivity index (χ2n) is 5.08. The summed E-state index contributed by atoms with van der Waals surface area (Å²) >= 11 is 0. The van der Waals surface area contributed by atoms with Crippen LogP contribution in [0.4, 0.5) is 4.79 Å². The number of carbonyl (C=O) groups is 2. The molecule has 0 fully saturated rings. The van der Waals surface area contributed by atoms with Gasteiger partial charge in [0.05, 0.1) is 17.1 Å². The molecule has 6 nitrogen and oxygen atoms in total. The number of benzene rings is 1. The molecule has 1 aliphatic carbocycles. The number of carboxylic acid groups (broad SMARTS) is 1. The molecule has 0 spiro atoms. The molecule has 1 aromatic heterocycles. The third kappa shape index (κ3) is 2.35. The highest BCUT2D eigenvalue weighted by Gasteiger charge is 2.21. The number of nitrogens with two attached hydrogens (primary N) is 1. The average molecular weight is 285 g/mol. The van der Waals surface area contributed by atoms with Crippen LogP contribution in [0, 0.1) is 0 Å². The van der Waals surface area contributed by atoms with E-state index in [-0.39, 0.29) is 6.04 Å². The van der Waals surface area contributed by atoms with E-state index in [0.29, 0.717) is 5.56 Å². The maximum absolute atomic E-state index is 11.4. The van der Waals surface area contributed by atoms with Crippen molar-refractivity contribution >= 4 is 28.5 Å². The average Bonchev–Trinajstić information content (AvgIpc) is 3.05. The van der Waals surface area contributed by atoms with Crippen molar-refractivity contribution in [2.24, 2.45) is 5.73 Å². The SMILES string of the molecule is NC(=O)c1ccc(C2=CC(NC(=O)O)CC2)c2cc[nH]c12. The van der Waals surface area contributed by atoms with E-state index in [1.54, 1.807) is 12.3 Å². The summed E-state index contributed by atoms with van der Waals surface area (Å²) in [5.41, 5.74) is 8.63. The van der Waals surface area contributed by atoms with Gasteiger partial charge in [0.2, 0.25) is 0 Å². The lowest BCUT2D eigenvalue weighted by Gasteiger charge is -2.07. The Bertz CT molecular complexity index is 761. The Morgan fingerprint density at radius 2 is 2.14 bits per heavy atom. The number of H-pyrrole nitrogens is 1. The van der Waals surface area contributed by atoms with Crippen molar-refractivity contribution in [3.63, 3.8) is 0 Å². The molecule has 5 N–H and O–H groups in total. The van der Waals surface area contributed by atoms with Crippen LogP contribution in [0.3, 0.4) is 0 Å². The van der Waals surface area contributed by atoms with E-state index in [4.69, 9.17) is 10.8 Å². The fourth-order valence-corrected chi connectivity index (χ4v) is 2.86. The minimum Gasteiger partial charge on any atom is -0.465 e. The minimum absolute atomic E-state index is 0.165. The first-order valence-corrected chi connectivity index (χ1v) is 6.66. The van der Waals surface area contributed by atoms with Crippen molar-refractivity contribution in [1.29, 1.82) is 0 Å². The first kappa shape index (κ1) is 13.2. The van der Waals surface area contributed by atoms with Crippen molar-refractivity contribution in [3.05, 3.63) is 41.6 Å². The standard InChI is InChI=1S/C15H15N3O3/c16-14(19)12-4-3-10(11-5-6-17-13(11)12)8-1-2-9(7-8)18-15(20)21/h3-7,9,17-18H,1-2H2,(H2,16,19)(H,20,21). The summed E-state index contributed by atoms with van der Waals surface area (Å²) in [4.78, 5) is 25.2. The lowest BCUT2D eigenvalue weighted by molar-refractivity contribution is 0.100. The van der Waals surface area contributed by atoms with E-state index in [1.165, 1.54) is 0 Å². The summed E-state index contributed by atoms with van der Waals surface area (Å²) in [7, 11) is 0. The van der Waals surface area contributed by atoms with Gasteiger partial charge in [0.25, 0.3) is 5.91 Å². The third-order valence-electron chi connectivity index (χ3n) is 3.77. The fraction of sp³-hybridized carbons (Fsp3) is 0.200. The number of fused-ring (bicyclic) bond motifs is 1. The quantitative estimate of drug-likeness (QED) is 0.693. The molecule has 1 aliphatic rings. The van der Waals surface area contributed by atoms with Crippen LogP contribution in [0.2, 0.25) is 0 Å². The molecule has 0 saturated heterocycles. The molecule has 3 rings (SSSR count). The predicted octanol–water partition coefficient (Wildman–Crippen LogP) is 2.08. The van der Waals surface area contributed by atoms with E-state index in [9.17, 15) is 9.59 Å². The number of hydrogen-bond donors (Lipinski definition) is 4. The van der Waals surface area contributed by atoms with Gasteiger partial charge in [0.15, 0.2) is 0 Å². The van der Waals surface area contributed by atoms with E-state index in [2.05, 4.69) is 10.3 Å². The van der Waals surface area contributed by atoms with E-state index < -0.39 is 12.0 Å². The Labute approximate surface area is 120 Å². The molecule has 6 heteroatoms. The van der Waals surface area contributed by atoms with Gasteiger partial charge in [0, 0.05) is 11.6 Å². The number of carbonyl (C=O) groups excluding carboxylic acids is 1. The highest BCUT2D eigenvalue weighted by Crippen LogP contribution is 2.33. The zero-order valence-corrected chi connectivity index (χ0v) is 11.2. The van der Waals surface area contributed by atoms with Crippen molar-refractivity contribution in [2.75, 3.05) is 0 Å². The molecule has 2 amide bonds. The van der Waals surface area contributed by atoms with Crippen molar-refractivity contribution in [3.8, 4) is 0 Å². The van der Waals surface area contributed by atoms with Crippen LogP contribution < -0.4 is 11.1 Å². The summed E-state index contributed by atoms with van der Waals surface area (Å²) < 4.78 is 0. The first-order valence-electron chi connectivity index (χ1n) is 6.66. The lowest BCUT2D eigenvalue weighted by atomic mass is 9.98. The fourth-order valence-electron chi connectivity index (χ4n) is 2.86. The second kappa shape index (κ2) is 4.97. The molecule has 1 heterocycles. The largest absolute Gasteiger partial charge is 0.465 e. The van der Waals surface area contributed by atoms with Gasteiger partial charge in [-0.05, 0) is 36.1 Å². The summed E-state index contributed by atoms with van der Waals surface area (Å²) in [5.74, 6) is -0.472. The van der Waals surface area contributed by atoms with Gasteiger partial charge >= 0.3 is 6.09 Å². The molecule has 1 atom stereocenters. The highest BCUT2D eigenvalue weighted by atomic mass is 16.4. The molecule has 0 aliphatic heterocycles. The molecular formula is C15H15N3O3. The monoisotopic (exact) mass is 285 g/mol. The zero-order valence-electron chi connectivity index (χ0n) is 11.2. The van der Waals surface area contributed by atoms with Gasteiger partial charge in [-0.15, -0.1) is 0 Å². The number of hydrogen-bond acceptors (Lipinski definition) is 2. The van der Waals surface area contributed by atoms with Crippen molar-refractivity contribution in [2.45, 2.75) is 18.9 Å². The van der Waals surface area contributed by atoms with Gasteiger partial charge in [-0.2, -0.15) is 0 Å². The van der Waals surface area contributed by atoms with Crippen LogP contribution in [0.1, 0.15) is 28.8 Å². The number of primary amides is 1. The molecule has 108 valence electrons. The molecule has 1 aromatic carbocycles. The highest BCUT2D eigenvalue weighted by molar-refractivity contribution is 6.07. The molecule has 2 aromatic rings. The van der Waals surface area contributed by atoms with E-state index in [0.717, 1.165) is 34.9 Å². The number of aromatic nitrogens is 1. The Hall–Kier alpha value is -2.76. The summed E-state index contributed by atoms with van der Waals surface area (Å²) in [6, 6.07) is 5.30. The van der Waals surface area contributed by atoms with Crippen LogP contribution >= 0.6 is 0 Å². The van der Waals surface area contributed by atoms with Gasteiger partial charge in [0.1, 0.15) is 0 Å². The Balaban J connectivity index is 2.02. The Kier molecular flexibility index (Phi) is 3.13. The summed E-state index contributed by atoms with van der Waals surface area (Å²) in [6.07, 6.45) is 4.21. The van der Waals surface area contributed by atoms with E-state index in [1.807, 2.05) is 18.2 Å². The van der Waals surface area contributed by atoms with Crippen LogP contribution in [-0.4, -0.2) is 28.1 Å². The summed E-state index contributed by atoms with van der Waals surface area (Å²) in [5, 5.41) is 12.2. The molecular weight excluding hydrogens is 270 g/mol. The number of aromatic amines is 1. The van der Waals surface area contributed by atoms with Crippen molar-refractivity contribution < 1.29 is 14.7 Å². The van der Waals surface area contributed by atoms with Crippen molar-refractivity contribution in [1.82, 2.24) is 10.3 Å². The smallest absolute Gasteiger partial charge is 0.405 e. The van der Waals surface area contributed by atoms with Gasteiger partial charge in [-0.25, -0.2) is 4.79 Å². The third-order valence-corrected chi connectivity index (χ3v) is 3.77. The predicted molar refractivity (Wildman–Crippen MR) is 79.0 cm³/mol. The minimum atomic E-state index is -1.02. The van der Waals surface area contributed by atoms with Crippen LogP contribution in [0.15, 0.2) is 30.5 Å². The second-order valence-corrected chi connectivity index (χ2v) is 5.08. The molecule has 0 bridgehead atoms. The normalized spacial score (nSPS) is 17.7. The van der Waals surface area contributed by atoms with Crippen LogP contribution in [-0.2, 0) is 0 Å². The Morgan fingerprint density at radius 3 is 2.86 bits per heavy atom. The number of allylic oxidation sites excluding steroid dienone is 1.